The fourth-order valence-electron chi connectivity index (χ4n) is 17.7. The topological polar surface area (TPSA) is 552 Å². The molecule has 112 heavy (non-hydrogen) atoms. The van der Waals surface area contributed by atoms with E-state index in [2.05, 4.69) is 43.1 Å². The Kier molecular flexibility index (Phi) is 27.0. The van der Waals surface area contributed by atoms with Gasteiger partial charge in [-0.1, -0.05) is 0 Å². The molecule has 0 aliphatic carbocycles. The van der Waals surface area contributed by atoms with Crippen LogP contribution in [0.25, 0.3) is 21.5 Å². The summed E-state index contributed by atoms with van der Waals surface area (Å²) in [5.74, 6) is -0.870. The number of primary amides is 1. The number of aromatic nitrogens is 2. The molecule has 6 aromatic rings. The van der Waals surface area contributed by atoms with E-state index in [-0.39, 0.29) is 144 Å². The first-order valence-corrected chi connectivity index (χ1v) is 53.8. The minimum absolute atomic E-state index is 0. The van der Waals surface area contributed by atoms with E-state index in [4.69, 9.17) is 34.7 Å². The number of quaternary nitrogens is 6. The molecule has 6 aliphatic rings. The molecule has 1 amide bonds. The minimum Gasteiger partial charge on any atom is -0.369 e. The number of carbonyl (C=O) groups is 1. The SMILES string of the molecule is C[Si](C)(CCC[N+](CCCCS(=O)(=O)[O-])(CCCCS(=O)(=O)[O-])CCCCS(=O)(=O)[O-])O[Si-2]123(O[Si](C)(C)CCC[N+](CCCCS(=O)(=O)[O-])(CCCCS(=O)(=O)[O-])CCOCCOCCC(=O)[NH2+]O)n4c5c6ccccc6c4N=C4c6ccccc6C(=[N+]41)N=c1c4ccccc4c(n12)=NC1=[N+]3C(=N5)c2ccccc21.[NH4+].[NH4+].[NH4+]. The first-order chi connectivity index (χ1) is 51.3. The van der Waals surface area contributed by atoms with Gasteiger partial charge in [0.05, 0.1) is 13.0 Å². The van der Waals surface area contributed by atoms with Gasteiger partial charge in [-0.25, -0.2) is 10.0 Å². The molecule has 620 valence electrons. The number of hydrogen-bond acceptors (Lipinski definition) is 25. The molecule has 15 N–H and O–H groups in total. The normalized spacial score (nSPS) is 16.9. The van der Waals surface area contributed by atoms with E-state index in [0.717, 1.165) is 43.8 Å². The summed E-state index contributed by atoms with van der Waals surface area (Å²) in [6.45, 7) is 11.4. The maximum Gasteiger partial charge on any atom is -0.369 e. The standard InChI is InChI=1S/C69H97N11O21S5Si3.3H3N/c1-107(2,51-23-39-79(34-13-18-46-102(83,84)85,35-14-19-47-103(86,87)88)36-15-20-48-104(89,90)91)100-109(101-108(3,4)52-24-40-80(37-16-21-49-105(92,93)94,38-17-22-50-106(95,96)97)41-43-99-45-44-98-42-33-61(81)74-82)75-62-53-25-5-6-26-54(53)63(75)71-65-57-29-9-10-30-58(57)67(77(65)109)73-69-60-32-12-11-31-59(60)68(78(69)109)72-66-56-28-8-7-27-55(56)64(70-62)76(66)109;;;/h5-12,25-32H,13-24,33-52H2,1-4H3,(H5-2,70,71,72,73,74,81,82,83,84,85,86,87,88,89,90,91,92,93,94,95,96,97);3*1H3/p+1. The number of nitrogens with zero attached hydrogens (tertiary/aromatic N) is 10. The van der Waals surface area contributed by atoms with Gasteiger partial charge in [0.1, 0.15) is 0 Å². The molecule has 0 saturated heterocycles. The summed E-state index contributed by atoms with van der Waals surface area (Å²) < 4.78 is 222. The van der Waals surface area contributed by atoms with Gasteiger partial charge in [0.2, 0.25) is 0 Å². The van der Waals surface area contributed by atoms with Crippen LogP contribution < -0.4 is 34.9 Å². The molecular formula is C69H107N14O21S5Si3+. The minimum atomic E-state index is -7.47. The molecule has 0 unspecified atom stereocenters. The van der Waals surface area contributed by atoms with Crippen molar-refractivity contribution in [1.29, 1.82) is 0 Å². The van der Waals surface area contributed by atoms with Crippen LogP contribution in [-0.2, 0) is 73.1 Å². The van der Waals surface area contributed by atoms with E-state index in [0.29, 0.717) is 109 Å². The third-order valence-corrected chi connectivity index (χ3v) is 42.7. The van der Waals surface area contributed by atoms with Crippen molar-refractivity contribution in [1.82, 2.24) is 26.9 Å². The van der Waals surface area contributed by atoms with Crippen molar-refractivity contribution in [3.8, 4) is 0 Å². The van der Waals surface area contributed by atoms with Crippen molar-refractivity contribution in [2.75, 3.05) is 108 Å². The second kappa shape index (κ2) is 33.7. The van der Waals surface area contributed by atoms with Crippen LogP contribution in [0.2, 0.25) is 38.3 Å². The number of unbranched alkanes of at least 4 members (excludes halogenated alkanes) is 5. The molecule has 0 bridgehead atoms. The number of hydroxylamine groups is 1. The largest absolute Gasteiger partial charge is 0.369 e. The fraction of sp³-hybridized carbons (Fsp3) is 0.522. The van der Waals surface area contributed by atoms with Crippen LogP contribution >= 0.6 is 0 Å². The Morgan fingerprint density at radius 1 is 0.429 bits per heavy atom. The van der Waals surface area contributed by atoms with Crippen molar-refractivity contribution in [2.24, 2.45) is 20.0 Å². The van der Waals surface area contributed by atoms with Gasteiger partial charge in [0, 0.05) is 0 Å². The molecule has 43 heteroatoms. The zero-order chi connectivity index (χ0) is 78.3. The number of amides is 1. The molecule has 2 aromatic heterocycles. The summed E-state index contributed by atoms with van der Waals surface area (Å²) in [4.78, 5) is 35.2. The zero-order valence-corrected chi connectivity index (χ0v) is 71.7. The predicted octanol–water partition coefficient (Wildman–Crippen LogP) is 4.84. The molecule has 4 aromatic carbocycles. The molecule has 1 spiro atoms. The van der Waals surface area contributed by atoms with Crippen LogP contribution in [0.4, 0.5) is 11.6 Å². The Balaban J connectivity index is 0.00000480. The monoisotopic (exact) mass is 1710 g/mol. The number of aliphatic imine (C=N–C) groups is 2. The number of fused-ring (bicyclic) bond motifs is 12. The number of carbonyl (C=O) groups excluding carboxylic acids is 1. The molecule has 0 atom stereocenters. The van der Waals surface area contributed by atoms with E-state index in [1.54, 1.807) is 0 Å². The Hall–Kier alpha value is -6.33. The Bertz CT molecular complexity index is 5180. The van der Waals surface area contributed by atoms with Crippen molar-refractivity contribution >= 4 is 137 Å². The van der Waals surface area contributed by atoms with E-state index < -0.39 is 110 Å². The molecule has 0 saturated carbocycles. The van der Waals surface area contributed by atoms with E-state index in [1.807, 2.05) is 97.1 Å². The summed E-state index contributed by atoms with van der Waals surface area (Å²) in [5, 5.41) is 12.0. The summed E-state index contributed by atoms with van der Waals surface area (Å²) in [7, 11) is -38.2. The Morgan fingerprint density at radius 3 is 1.09 bits per heavy atom. The van der Waals surface area contributed by atoms with Crippen LogP contribution in [0.3, 0.4) is 0 Å². The quantitative estimate of drug-likeness (QED) is 0.00852. The van der Waals surface area contributed by atoms with Crippen LogP contribution in [0.5, 0.6) is 0 Å². The fourth-order valence-corrected chi connectivity index (χ4v) is 42.8. The number of amidine groups is 4. The summed E-state index contributed by atoms with van der Waals surface area (Å²) in [5.41, 5.74) is 4.31. The van der Waals surface area contributed by atoms with Gasteiger partial charge in [0.25, 0.3) is 0 Å². The van der Waals surface area contributed by atoms with E-state index >= 15 is 0 Å². The van der Waals surface area contributed by atoms with Gasteiger partial charge >= 0.3 is 612 Å². The molecule has 35 nitrogen and oxygen atoms in total. The number of ether oxygens (including phenoxy) is 2. The maximum atomic E-state index is 12.2. The average molecular weight is 1710 g/mol. The van der Waals surface area contributed by atoms with Gasteiger partial charge in [-0.3, -0.25) is 0 Å². The average Bonchev–Trinajstić information content (AvgIpc) is 1.31. The van der Waals surface area contributed by atoms with E-state index in [1.165, 1.54) is 0 Å². The number of benzene rings is 4. The molecule has 0 radical (unpaired) electrons. The Morgan fingerprint density at radius 2 is 0.741 bits per heavy atom. The van der Waals surface area contributed by atoms with E-state index in [9.17, 15) is 77.9 Å². The van der Waals surface area contributed by atoms with Crippen molar-refractivity contribution in [3.05, 3.63) is 130 Å². The maximum absolute atomic E-state index is 12.2. The Labute approximate surface area is 655 Å². The van der Waals surface area contributed by atoms with Crippen molar-refractivity contribution < 1.29 is 115 Å². The third-order valence-electron chi connectivity index (χ3n) is 22.0. The molecule has 0 fully saturated rings. The van der Waals surface area contributed by atoms with Gasteiger partial charge < -0.3 is 18.5 Å². The van der Waals surface area contributed by atoms with Crippen LogP contribution in [0.15, 0.2) is 117 Å². The number of hydrogen-bond donors (Lipinski definition) is 5. The van der Waals surface area contributed by atoms with Gasteiger partial charge in [-0.05, 0) is 0 Å². The zero-order valence-electron chi connectivity index (χ0n) is 64.6. The molecular weight excluding hydrogens is 1610 g/mol. The van der Waals surface area contributed by atoms with Crippen LogP contribution in [0.1, 0.15) is 106 Å². The molecule has 8 heterocycles. The first kappa shape index (κ1) is 89.6. The first-order valence-electron chi connectivity index (χ1n) is 37.0. The number of rotatable bonds is 46. The second-order valence-electron chi connectivity index (χ2n) is 30.8. The predicted molar refractivity (Wildman–Crippen MR) is 424 cm³/mol. The third kappa shape index (κ3) is 17.7. The van der Waals surface area contributed by atoms with Crippen molar-refractivity contribution in [2.45, 2.75) is 122 Å². The van der Waals surface area contributed by atoms with Gasteiger partial charge in [-0.2, -0.15) is 0 Å². The smallest absolute Gasteiger partial charge is 0.369 e. The van der Waals surface area contributed by atoms with Gasteiger partial charge in [0.15, 0.2) is 0 Å². The van der Waals surface area contributed by atoms with Gasteiger partial charge in [-0.15, -0.1) is 5.48 Å². The molecule has 6 aliphatic heterocycles. The van der Waals surface area contributed by atoms with Crippen LogP contribution in [0, 0.1) is 0 Å². The summed E-state index contributed by atoms with van der Waals surface area (Å²) in [6, 6.07) is 32.3. The van der Waals surface area contributed by atoms with Crippen molar-refractivity contribution in [3.63, 3.8) is 0 Å². The molecule has 12 rings (SSSR count). The van der Waals surface area contributed by atoms with Crippen LogP contribution in [-0.4, -0.2) is 257 Å². The second-order valence-corrected chi connectivity index (χ2v) is 52.7. The summed E-state index contributed by atoms with van der Waals surface area (Å²) >= 11 is 0. The summed E-state index contributed by atoms with van der Waals surface area (Å²) in [6.07, 6.45) is 1.97. The number of nitrogens with two attached hydrogens (primary N) is 1.